The van der Waals surface area contributed by atoms with Crippen molar-refractivity contribution in [1.29, 1.82) is 0 Å². The van der Waals surface area contributed by atoms with Crippen LogP contribution in [0.2, 0.25) is 0 Å². The van der Waals surface area contributed by atoms with Gasteiger partial charge in [-0.2, -0.15) is 0 Å². The maximum Gasteiger partial charge on any atom is 0.208 e. The first-order valence-corrected chi connectivity index (χ1v) is 14.8. The number of rotatable bonds is 2. The van der Waals surface area contributed by atoms with Gasteiger partial charge in [-0.25, -0.2) is 4.98 Å². The molecule has 7 nitrogen and oxygen atoms in total. The number of nitrogens with zero attached hydrogens (tertiary/aromatic N) is 2. The van der Waals surface area contributed by atoms with E-state index in [2.05, 4.69) is 59.0 Å². The van der Waals surface area contributed by atoms with E-state index >= 15 is 0 Å². The largest absolute Gasteiger partial charge is 0.504 e. The molecule has 0 atom stereocenters. The molecule has 0 saturated carbocycles. The molecular weight excluding hydrogens is 576 g/mol. The molecule has 0 amide bonds. The van der Waals surface area contributed by atoms with Crippen LogP contribution in [0.3, 0.4) is 0 Å². The Morgan fingerprint density at radius 1 is 0.457 bits per heavy atom. The van der Waals surface area contributed by atoms with Gasteiger partial charge in [0.1, 0.15) is 5.65 Å². The van der Waals surface area contributed by atoms with Gasteiger partial charge in [-0.05, 0) is 61.8 Å². The SMILES string of the molecule is Oc1c(O)c(O)c(-c2ccc(-c3ccc4c5ccc6ccccc6c5c5nc6ccccc6n5c4c3)c3ccccc23)c(O)c1O. The van der Waals surface area contributed by atoms with Crippen molar-refractivity contribution in [2.45, 2.75) is 0 Å². The Kier molecular flexibility index (Phi) is 5.23. The standard InChI is InChI=1S/C39H24N2O5/c42-34-33(35(43)37(45)38(46)36(34)44)27-18-17-22(24-9-3-4-10-25(24)27)21-14-15-26-28-16-13-20-7-1-2-8-23(20)32(28)39-40-29-11-5-6-12-30(29)41(39)31(26)19-21/h1-19,42-46H. The summed E-state index contributed by atoms with van der Waals surface area (Å²) in [7, 11) is 0. The van der Waals surface area contributed by atoms with Crippen LogP contribution in [0.5, 0.6) is 28.7 Å². The number of aromatic hydroxyl groups is 5. The lowest BCUT2D eigenvalue weighted by atomic mass is 9.90. The second kappa shape index (κ2) is 9.27. The summed E-state index contributed by atoms with van der Waals surface area (Å²) < 4.78 is 2.23. The highest BCUT2D eigenvalue weighted by molar-refractivity contribution is 6.23. The maximum absolute atomic E-state index is 10.7. The van der Waals surface area contributed by atoms with Crippen LogP contribution in [0.15, 0.2) is 115 Å². The van der Waals surface area contributed by atoms with Crippen molar-refractivity contribution in [3.63, 3.8) is 0 Å². The van der Waals surface area contributed by atoms with Crippen LogP contribution >= 0.6 is 0 Å². The zero-order chi connectivity index (χ0) is 31.3. The van der Waals surface area contributed by atoms with E-state index in [0.717, 1.165) is 65.6 Å². The van der Waals surface area contributed by atoms with Crippen molar-refractivity contribution >= 4 is 59.9 Å². The number of benzene rings is 7. The number of hydrogen-bond donors (Lipinski definition) is 5. The van der Waals surface area contributed by atoms with Crippen LogP contribution in [0.4, 0.5) is 0 Å². The van der Waals surface area contributed by atoms with E-state index in [1.165, 1.54) is 0 Å². The Balaban J connectivity index is 1.37. The minimum Gasteiger partial charge on any atom is -0.504 e. The first kappa shape index (κ1) is 26.0. The summed E-state index contributed by atoms with van der Waals surface area (Å²) in [6.45, 7) is 0. The number of aromatic nitrogens is 2. The van der Waals surface area contributed by atoms with Gasteiger partial charge in [0.25, 0.3) is 0 Å². The van der Waals surface area contributed by atoms with Gasteiger partial charge in [-0.3, -0.25) is 4.40 Å². The molecule has 0 spiro atoms. The van der Waals surface area contributed by atoms with Gasteiger partial charge in [-0.1, -0.05) is 97.1 Å². The fourth-order valence-electron chi connectivity index (χ4n) is 7.00. The molecule has 0 aliphatic rings. The van der Waals surface area contributed by atoms with Gasteiger partial charge in [0.05, 0.1) is 22.1 Å². The van der Waals surface area contributed by atoms with Gasteiger partial charge in [-0.15, -0.1) is 0 Å². The molecule has 7 aromatic carbocycles. The second-order valence-corrected chi connectivity index (χ2v) is 11.5. The third kappa shape index (κ3) is 3.39. The van der Waals surface area contributed by atoms with Gasteiger partial charge in [0.15, 0.2) is 11.5 Å². The van der Waals surface area contributed by atoms with E-state index in [4.69, 9.17) is 4.98 Å². The Labute approximate surface area is 260 Å². The molecule has 0 saturated heterocycles. The molecule has 2 heterocycles. The van der Waals surface area contributed by atoms with Crippen molar-refractivity contribution in [2.24, 2.45) is 0 Å². The van der Waals surface area contributed by atoms with E-state index < -0.39 is 28.7 Å². The summed E-state index contributed by atoms with van der Waals surface area (Å²) in [6, 6.07) is 38.4. The van der Waals surface area contributed by atoms with Crippen LogP contribution in [0.25, 0.3) is 82.2 Å². The highest BCUT2D eigenvalue weighted by atomic mass is 16.4. The molecular formula is C39H24N2O5. The molecule has 9 rings (SSSR count). The highest BCUT2D eigenvalue weighted by Crippen LogP contribution is 2.56. The fourth-order valence-corrected chi connectivity index (χ4v) is 7.00. The molecule has 0 unspecified atom stereocenters. The first-order chi connectivity index (χ1) is 22.4. The lowest BCUT2D eigenvalue weighted by Crippen LogP contribution is -1.94. The van der Waals surface area contributed by atoms with E-state index in [-0.39, 0.29) is 5.56 Å². The van der Waals surface area contributed by atoms with Crippen LogP contribution in [0, 0.1) is 0 Å². The summed E-state index contributed by atoms with van der Waals surface area (Å²) in [5.74, 6) is -4.28. The lowest BCUT2D eigenvalue weighted by Gasteiger charge is -2.17. The Bertz CT molecular complexity index is 2740. The van der Waals surface area contributed by atoms with Crippen molar-refractivity contribution in [3.05, 3.63) is 115 Å². The van der Waals surface area contributed by atoms with Crippen LogP contribution in [-0.2, 0) is 0 Å². The molecule has 0 fully saturated rings. The molecule has 0 radical (unpaired) electrons. The number of phenolic OH excluding ortho intramolecular Hbond substituents is 5. The Hall–Kier alpha value is -6.47. The summed E-state index contributed by atoms with van der Waals surface area (Å²) in [6.07, 6.45) is 0. The molecule has 46 heavy (non-hydrogen) atoms. The minimum atomic E-state index is -0.991. The molecule has 7 heteroatoms. The molecule has 0 aliphatic heterocycles. The number of imidazole rings is 1. The predicted molar refractivity (Wildman–Crippen MR) is 182 cm³/mol. The molecule has 0 aliphatic carbocycles. The molecule has 5 N–H and O–H groups in total. The second-order valence-electron chi connectivity index (χ2n) is 11.5. The number of phenols is 5. The highest BCUT2D eigenvalue weighted by Gasteiger charge is 2.26. The van der Waals surface area contributed by atoms with Crippen LogP contribution in [0.1, 0.15) is 0 Å². The summed E-state index contributed by atoms with van der Waals surface area (Å²) in [5, 5.41) is 59.0. The van der Waals surface area contributed by atoms with Gasteiger partial charge >= 0.3 is 0 Å². The van der Waals surface area contributed by atoms with E-state index in [0.29, 0.717) is 10.9 Å². The minimum absolute atomic E-state index is 0.181. The number of para-hydroxylation sites is 2. The van der Waals surface area contributed by atoms with Crippen molar-refractivity contribution in [2.75, 3.05) is 0 Å². The van der Waals surface area contributed by atoms with Crippen LogP contribution in [-0.4, -0.2) is 34.9 Å². The van der Waals surface area contributed by atoms with E-state index in [1.54, 1.807) is 6.07 Å². The third-order valence-corrected chi connectivity index (χ3v) is 9.12. The first-order valence-electron chi connectivity index (χ1n) is 14.8. The normalized spacial score (nSPS) is 11.9. The Morgan fingerprint density at radius 3 is 1.85 bits per heavy atom. The zero-order valence-electron chi connectivity index (χ0n) is 24.1. The maximum atomic E-state index is 10.7. The van der Waals surface area contributed by atoms with E-state index in [1.807, 2.05) is 54.6 Å². The van der Waals surface area contributed by atoms with Gasteiger partial charge < -0.3 is 25.5 Å². The van der Waals surface area contributed by atoms with E-state index in [9.17, 15) is 25.5 Å². The van der Waals surface area contributed by atoms with Crippen molar-refractivity contribution in [3.8, 4) is 51.0 Å². The molecule has 2 aromatic heterocycles. The van der Waals surface area contributed by atoms with Gasteiger partial charge in [0, 0.05) is 10.8 Å². The van der Waals surface area contributed by atoms with Crippen molar-refractivity contribution in [1.82, 2.24) is 9.38 Å². The Morgan fingerprint density at radius 2 is 1.07 bits per heavy atom. The molecule has 0 bridgehead atoms. The molecule has 9 aromatic rings. The quantitative estimate of drug-likeness (QED) is 0.0768. The summed E-state index contributed by atoms with van der Waals surface area (Å²) >= 11 is 0. The topological polar surface area (TPSA) is 118 Å². The summed E-state index contributed by atoms with van der Waals surface area (Å²) in [4.78, 5) is 5.13. The summed E-state index contributed by atoms with van der Waals surface area (Å²) in [5.41, 5.74) is 5.84. The average molecular weight is 601 g/mol. The fraction of sp³-hybridized carbons (Fsp3) is 0. The van der Waals surface area contributed by atoms with Crippen molar-refractivity contribution < 1.29 is 25.5 Å². The zero-order valence-corrected chi connectivity index (χ0v) is 24.1. The number of hydrogen-bond acceptors (Lipinski definition) is 6. The van der Waals surface area contributed by atoms with Crippen LogP contribution < -0.4 is 0 Å². The monoisotopic (exact) mass is 600 g/mol. The number of pyridine rings is 1. The molecule has 220 valence electrons. The average Bonchev–Trinajstić information content (AvgIpc) is 3.49. The smallest absolute Gasteiger partial charge is 0.208 e. The lowest BCUT2D eigenvalue weighted by molar-refractivity contribution is 0.330. The predicted octanol–water partition coefficient (Wildman–Crippen LogP) is 8.96. The third-order valence-electron chi connectivity index (χ3n) is 9.12. The number of fused-ring (bicyclic) bond motifs is 11. The van der Waals surface area contributed by atoms with Gasteiger partial charge in [0.2, 0.25) is 17.2 Å².